The highest BCUT2D eigenvalue weighted by molar-refractivity contribution is 6.32. The van der Waals surface area contributed by atoms with Crippen LogP contribution in [0.5, 0.6) is 5.75 Å². The summed E-state index contributed by atoms with van der Waals surface area (Å²) in [7, 11) is 5.78. The number of ether oxygens (including phenoxy) is 1. The lowest BCUT2D eigenvalue weighted by Crippen LogP contribution is -2.36. The molecule has 0 radical (unpaired) electrons. The molecule has 1 amide bonds. The highest BCUT2D eigenvalue weighted by Gasteiger charge is 2.21. The number of aryl methyl sites for hydroxylation is 1. The lowest BCUT2D eigenvalue weighted by Gasteiger charge is -2.20. The van der Waals surface area contributed by atoms with Crippen LogP contribution in [-0.2, 0) is 12.8 Å². The molecule has 1 saturated heterocycles. The number of nitrogens with zero attached hydrogens (tertiary/aromatic N) is 2. The minimum absolute atomic E-state index is 0.265. The van der Waals surface area contributed by atoms with Crippen LogP contribution in [0.15, 0.2) is 71.7 Å². The second-order valence-corrected chi connectivity index (χ2v) is 9.83. The van der Waals surface area contributed by atoms with E-state index in [9.17, 15) is 4.79 Å². The Morgan fingerprint density at radius 1 is 1.13 bits per heavy atom. The predicted octanol–water partition coefficient (Wildman–Crippen LogP) is 3.56. The summed E-state index contributed by atoms with van der Waals surface area (Å²) in [6.07, 6.45) is 4.22. The van der Waals surface area contributed by atoms with E-state index in [1.807, 2.05) is 56.4 Å². The summed E-state index contributed by atoms with van der Waals surface area (Å²) in [5.74, 6) is 0.216. The van der Waals surface area contributed by atoms with Gasteiger partial charge in [-0.25, -0.2) is 4.39 Å². The van der Waals surface area contributed by atoms with E-state index < -0.39 is 11.7 Å². The minimum atomic E-state index is -0.486. The van der Waals surface area contributed by atoms with Gasteiger partial charge in [-0.1, -0.05) is 41.9 Å². The maximum Gasteiger partial charge on any atom is 0.280 e. The van der Waals surface area contributed by atoms with Gasteiger partial charge >= 0.3 is 0 Å². The highest BCUT2D eigenvalue weighted by atomic mass is 19.1. The number of hydrogen-bond acceptors (Lipinski definition) is 3. The summed E-state index contributed by atoms with van der Waals surface area (Å²) in [5, 5.41) is 6.53. The number of anilines is 1. The first-order valence-electron chi connectivity index (χ1n) is 13.2. The van der Waals surface area contributed by atoms with Gasteiger partial charge in [-0.05, 0) is 81.6 Å². The SMILES string of the molecule is Bc1ccc(OC)c(CCc2c(F)cccc2C(=O)/N=C(\NCCC2CCCN2C)Nc2ccccc2)c1. The smallest absolute Gasteiger partial charge is 0.280 e. The zero-order chi connectivity index (χ0) is 26.9. The van der Waals surface area contributed by atoms with E-state index in [0.29, 0.717) is 37.0 Å². The average molecular weight is 514 g/mol. The minimum Gasteiger partial charge on any atom is -0.496 e. The maximum absolute atomic E-state index is 15.0. The number of aliphatic imine (C=N–C) groups is 1. The number of halogens is 1. The van der Waals surface area contributed by atoms with Crippen molar-refractivity contribution in [1.82, 2.24) is 10.2 Å². The molecule has 2 N–H and O–H groups in total. The molecule has 1 aliphatic heterocycles. The third-order valence-corrected chi connectivity index (χ3v) is 7.12. The number of carbonyl (C=O) groups excluding carboxylic acids is 1. The van der Waals surface area contributed by atoms with Crippen molar-refractivity contribution in [2.24, 2.45) is 4.99 Å². The van der Waals surface area contributed by atoms with E-state index in [1.54, 1.807) is 19.2 Å². The Morgan fingerprint density at radius 3 is 2.68 bits per heavy atom. The highest BCUT2D eigenvalue weighted by Crippen LogP contribution is 2.22. The quantitative estimate of drug-likeness (QED) is 0.260. The Morgan fingerprint density at radius 2 is 1.95 bits per heavy atom. The summed E-state index contributed by atoms with van der Waals surface area (Å²) in [4.78, 5) is 20.2. The van der Waals surface area contributed by atoms with Gasteiger partial charge in [-0.15, -0.1) is 0 Å². The van der Waals surface area contributed by atoms with Crippen molar-refractivity contribution in [2.45, 2.75) is 38.1 Å². The fourth-order valence-electron chi connectivity index (χ4n) is 5.01. The van der Waals surface area contributed by atoms with Crippen molar-refractivity contribution < 1.29 is 13.9 Å². The number of amides is 1. The normalized spacial score (nSPS) is 15.9. The molecule has 1 heterocycles. The van der Waals surface area contributed by atoms with E-state index in [2.05, 4.69) is 27.6 Å². The van der Waals surface area contributed by atoms with Crippen molar-refractivity contribution in [1.29, 1.82) is 0 Å². The molecule has 0 bridgehead atoms. The molecular weight excluding hydrogens is 478 g/mol. The molecule has 3 aromatic carbocycles. The first kappa shape index (κ1) is 27.4. The van der Waals surface area contributed by atoms with Gasteiger partial charge in [-0.2, -0.15) is 4.99 Å². The Kier molecular flexibility index (Phi) is 9.54. The van der Waals surface area contributed by atoms with Crippen LogP contribution in [0.1, 0.15) is 40.7 Å². The Balaban J connectivity index is 1.54. The molecule has 1 unspecified atom stereocenters. The molecule has 1 atom stereocenters. The fraction of sp³-hybridized carbons (Fsp3) is 0.333. The fourth-order valence-corrected chi connectivity index (χ4v) is 5.01. The summed E-state index contributed by atoms with van der Waals surface area (Å²) < 4.78 is 20.5. The first-order valence-corrected chi connectivity index (χ1v) is 13.2. The third-order valence-electron chi connectivity index (χ3n) is 7.12. The molecule has 3 aromatic rings. The zero-order valence-corrected chi connectivity index (χ0v) is 22.5. The molecule has 38 heavy (non-hydrogen) atoms. The van der Waals surface area contributed by atoms with Crippen LogP contribution in [0.2, 0.25) is 0 Å². The van der Waals surface area contributed by atoms with E-state index in [-0.39, 0.29) is 5.56 Å². The number of benzene rings is 3. The van der Waals surface area contributed by atoms with Crippen molar-refractivity contribution in [3.8, 4) is 5.75 Å². The molecular formula is C30H36BFN4O2. The first-order chi connectivity index (χ1) is 18.4. The number of rotatable bonds is 9. The summed E-state index contributed by atoms with van der Waals surface area (Å²) in [6.45, 7) is 1.78. The molecule has 1 aliphatic rings. The molecule has 6 nitrogen and oxygen atoms in total. The van der Waals surface area contributed by atoms with E-state index in [0.717, 1.165) is 35.4 Å². The van der Waals surface area contributed by atoms with Crippen LogP contribution in [0.4, 0.5) is 10.1 Å². The number of para-hydroxylation sites is 1. The number of carbonyl (C=O) groups is 1. The second-order valence-electron chi connectivity index (χ2n) is 9.83. The maximum atomic E-state index is 15.0. The van der Waals surface area contributed by atoms with Crippen LogP contribution in [-0.4, -0.2) is 57.9 Å². The summed E-state index contributed by atoms with van der Waals surface area (Å²) >= 11 is 0. The predicted molar refractivity (Wildman–Crippen MR) is 155 cm³/mol. The van der Waals surface area contributed by atoms with Crippen molar-refractivity contribution in [3.63, 3.8) is 0 Å². The molecule has 0 aromatic heterocycles. The van der Waals surface area contributed by atoms with Gasteiger partial charge in [0, 0.05) is 29.4 Å². The van der Waals surface area contributed by atoms with Crippen LogP contribution in [0.25, 0.3) is 0 Å². The van der Waals surface area contributed by atoms with Gasteiger partial charge < -0.3 is 20.3 Å². The number of nitrogens with one attached hydrogen (secondary N) is 2. The summed E-state index contributed by atoms with van der Waals surface area (Å²) in [6, 6.07) is 20.6. The van der Waals surface area contributed by atoms with Gasteiger partial charge in [0.05, 0.1) is 7.11 Å². The number of guanidine groups is 1. The molecule has 4 rings (SSSR count). The Labute approximate surface area is 225 Å². The molecule has 0 saturated carbocycles. The van der Waals surface area contributed by atoms with Gasteiger partial charge in [0.15, 0.2) is 0 Å². The standard InChI is InChI=1S/C30H36BFN4O2/c1-36-19-7-10-24(36)17-18-33-30(34-23-8-4-3-5-9-23)35-29(37)26-11-6-12-27(32)25(26)15-13-21-20-22(31)14-16-28(21)38-2/h3-6,8-9,11-12,14,16,20,24H,7,10,13,15,17-19,31H2,1-2H3,(H2,33,34,35,37). The largest absolute Gasteiger partial charge is 0.496 e. The van der Waals surface area contributed by atoms with Crippen LogP contribution in [0, 0.1) is 5.82 Å². The topological polar surface area (TPSA) is 66.0 Å². The van der Waals surface area contributed by atoms with Gasteiger partial charge in [0.25, 0.3) is 5.91 Å². The number of methoxy groups -OCH3 is 1. The molecule has 8 heteroatoms. The Bertz CT molecular complexity index is 1270. The van der Waals surface area contributed by atoms with Crippen LogP contribution < -0.4 is 20.8 Å². The molecule has 0 spiro atoms. The van der Waals surface area contributed by atoms with Gasteiger partial charge in [0.2, 0.25) is 5.96 Å². The van der Waals surface area contributed by atoms with Crippen LogP contribution in [0.3, 0.4) is 0 Å². The number of likely N-dealkylation sites (tertiary alicyclic amines) is 1. The van der Waals surface area contributed by atoms with E-state index in [4.69, 9.17) is 4.74 Å². The van der Waals surface area contributed by atoms with Crippen molar-refractivity contribution in [3.05, 3.63) is 89.2 Å². The Hall–Kier alpha value is -3.65. The monoisotopic (exact) mass is 514 g/mol. The van der Waals surface area contributed by atoms with Gasteiger partial charge in [-0.3, -0.25) is 4.79 Å². The molecule has 0 aliphatic carbocycles. The summed E-state index contributed by atoms with van der Waals surface area (Å²) in [5.41, 5.74) is 3.51. The number of hydrogen-bond donors (Lipinski definition) is 2. The second kappa shape index (κ2) is 13.2. The molecule has 198 valence electrons. The van der Waals surface area contributed by atoms with Crippen molar-refractivity contribution >= 4 is 30.9 Å². The molecule has 1 fully saturated rings. The van der Waals surface area contributed by atoms with Gasteiger partial charge in [0.1, 0.15) is 19.4 Å². The lowest BCUT2D eigenvalue weighted by atomic mass is 9.91. The zero-order valence-electron chi connectivity index (χ0n) is 22.5. The van der Waals surface area contributed by atoms with E-state index in [1.165, 1.54) is 18.9 Å². The van der Waals surface area contributed by atoms with Crippen LogP contribution >= 0.6 is 0 Å². The average Bonchev–Trinajstić information content (AvgIpc) is 3.32. The van der Waals surface area contributed by atoms with E-state index >= 15 is 4.39 Å². The lowest BCUT2D eigenvalue weighted by molar-refractivity contribution is 0.100. The third kappa shape index (κ3) is 7.22. The van der Waals surface area contributed by atoms with Crippen molar-refractivity contribution in [2.75, 3.05) is 32.6 Å².